The summed E-state index contributed by atoms with van der Waals surface area (Å²) in [4.78, 5) is 11.0. The van der Waals surface area contributed by atoms with Gasteiger partial charge in [0.25, 0.3) is 0 Å². The molecule has 0 aliphatic heterocycles. The van der Waals surface area contributed by atoms with E-state index in [1.165, 1.54) is 0 Å². The highest BCUT2D eigenvalue weighted by atomic mass is 16.5. The second-order valence-corrected chi connectivity index (χ2v) is 4.73. The smallest absolute Gasteiger partial charge is 0.333 e. The lowest BCUT2D eigenvalue weighted by Crippen LogP contribution is -2.42. The van der Waals surface area contributed by atoms with Crippen LogP contribution in [0.4, 0.5) is 0 Å². The van der Waals surface area contributed by atoms with Crippen molar-refractivity contribution < 1.29 is 19.1 Å². The van der Waals surface area contributed by atoms with Gasteiger partial charge < -0.3 is 14.3 Å². The Kier molecular flexibility index (Phi) is 7.01. The Bertz CT molecular complexity index is 236. The monoisotopic (exact) mass is 230 g/mol. The third-order valence-electron chi connectivity index (χ3n) is 2.44. The summed E-state index contributed by atoms with van der Waals surface area (Å²) < 4.78 is 5.78. The Hall–Kier alpha value is -0.870. The molecule has 0 radical (unpaired) electrons. The number of esters is 1. The van der Waals surface area contributed by atoms with E-state index >= 15 is 0 Å². The van der Waals surface area contributed by atoms with Crippen molar-refractivity contribution in [3.05, 3.63) is 12.2 Å². The summed E-state index contributed by atoms with van der Waals surface area (Å²) in [5, 5.41) is 8.84. The topological polar surface area (TPSA) is 46.5 Å². The van der Waals surface area contributed by atoms with Crippen LogP contribution in [0, 0.1) is 0 Å². The third-order valence-corrected chi connectivity index (χ3v) is 2.44. The highest BCUT2D eigenvalue weighted by Gasteiger charge is 2.13. The van der Waals surface area contributed by atoms with E-state index in [1.807, 2.05) is 0 Å². The van der Waals surface area contributed by atoms with E-state index in [0.717, 1.165) is 30.4 Å². The molecule has 0 fully saturated rings. The molecular formula is C12H24NO3+. The number of carbonyl (C=O) groups is 1. The molecule has 4 nitrogen and oxygen atoms in total. The van der Waals surface area contributed by atoms with Gasteiger partial charge in [-0.3, -0.25) is 0 Å². The van der Waals surface area contributed by atoms with E-state index in [0.29, 0.717) is 12.2 Å². The lowest BCUT2D eigenvalue weighted by molar-refractivity contribution is -0.890. The van der Waals surface area contributed by atoms with E-state index < -0.39 is 0 Å². The Morgan fingerprint density at radius 3 is 2.44 bits per heavy atom. The predicted molar refractivity (Wildman–Crippen MR) is 63.9 cm³/mol. The summed E-state index contributed by atoms with van der Waals surface area (Å²) in [6.45, 7) is 7.54. The van der Waals surface area contributed by atoms with Crippen LogP contribution >= 0.6 is 0 Å². The number of hydrogen-bond acceptors (Lipinski definition) is 3. The van der Waals surface area contributed by atoms with Crippen molar-refractivity contribution in [1.29, 1.82) is 0 Å². The van der Waals surface area contributed by atoms with E-state index in [-0.39, 0.29) is 12.6 Å². The van der Waals surface area contributed by atoms with Gasteiger partial charge in [-0.25, -0.2) is 4.79 Å². The van der Waals surface area contributed by atoms with Gasteiger partial charge in [0.1, 0.15) is 6.54 Å². The molecule has 4 heteroatoms. The molecular weight excluding hydrogens is 206 g/mol. The quantitative estimate of drug-likeness (QED) is 0.292. The number of unbranched alkanes of at least 4 members (excludes halogenated alkanes) is 1. The van der Waals surface area contributed by atoms with Crippen molar-refractivity contribution in [2.75, 3.05) is 40.4 Å². The number of hydrogen-bond donors (Lipinski definition) is 1. The molecule has 0 atom stereocenters. The second-order valence-electron chi connectivity index (χ2n) is 4.73. The van der Waals surface area contributed by atoms with Crippen molar-refractivity contribution in [1.82, 2.24) is 0 Å². The number of quaternary nitrogens is 1. The molecule has 0 saturated carbocycles. The molecule has 0 aliphatic rings. The highest BCUT2D eigenvalue weighted by molar-refractivity contribution is 5.86. The van der Waals surface area contributed by atoms with E-state index in [9.17, 15) is 4.79 Å². The van der Waals surface area contributed by atoms with E-state index in [1.54, 1.807) is 6.92 Å². The van der Waals surface area contributed by atoms with Crippen LogP contribution in [0.15, 0.2) is 12.2 Å². The predicted octanol–water partition coefficient (Wildman–Crippen LogP) is 0.955. The number of carbonyl (C=O) groups excluding carboxylic acids is 1. The van der Waals surface area contributed by atoms with Crippen LogP contribution < -0.4 is 0 Å². The van der Waals surface area contributed by atoms with Crippen LogP contribution in [-0.2, 0) is 9.53 Å². The average molecular weight is 230 g/mol. The molecule has 0 saturated heterocycles. The first kappa shape index (κ1) is 15.1. The van der Waals surface area contributed by atoms with Gasteiger partial charge in [0.2, 0.25) is 0 Å². The fourth-order valence-electron chi connectivity index (χ4n) is 1.31. The van der Waals surface area contributed by atoms with Crippen molar-refractivity contribution in [2.45, 2.75) is 19.8 Å². The van der Waals surface area contributed by atoms with Gasteiger partial charge in [-0.1, -0.05) is 6.58 Å². The fraction of sp³-hybridized carbons (Fsp3) is 0.750. The van der Waals surface area contributed by atoms with Gasteiger partial charge >= 0.3 is 5.97 Å². The number of likely N-dealkylation sites (N-methyl/N-ethyl adjacent to an activating group) is 1. The minimum absolute atomic E-state index is 0.206. The molecule has 0 unspecified atom stereocenters. The lowest BCUT2D eigenvalue weighted by Gasteiger charge is -2.28. The molecule has 0 rings (SSSR count). The van der Waals surface area contributed by atoms with Crippen LogP contribution in [0.1, 0.15) is 19.8 Å². The molecule has 16 heavy (non-hydrogen) atoms. The molecule has 0 aromatic rings. The zero-order valence-electron chi connectivity index (χ0n) is 10.7. The lowest BCUT2D eigenvalue weighted by atomic mass is 10.3. The summed E-state index contributed by atoms with van der Waals surface area (Å²) in [5.41, 5.74) is 0.441. The van der Waals surface area contributed by atoms with Gasteiger partial charge in [-0.15, -0.1) is 0 Å². The molecule has 94 valence electrons. The molecule has 1 N–H and O–H groups in total. The number of ether oxygens (including phenoxy) is 1. The maximum absolute atomic E-state index is 11.0. The van der Waals surface area contributed by atoms with Crippen LogP contribution in [0.25, 0.3) is 0 Å². The zero-order valence-corrected chi connectivity index (χ0v) is 10.7. The van der Waals surface area contributed by atoms with Crippen LogP contribution in [0.3, 0.4) is 0 Å². The van der Waals surface area contributed by atoms with Gasteiger partial charge in [0.05, 0.1) is 33.9 Å². The van der Waals surface area contributed by atoms with Crippen LogP contribution in [0.2, 0.25) is 0 Å². The largest absolute Gasteiger partial charge is 0.462 e. The Morgan fingerprint density at radius 2 is 1.94 bits per heavy atom. The van der Waals surface area contributed by atoms with Gasteiger partial charge in [-0.05, 0) is 19.8 Å². The van der Waals surface area contributed by atoms with Crippen molar-refractivity contribution in [3.63, 3.8) is 0 Å². The first-order valence-electron chi connectivity index (χ1n) is 5.64. The molecule has 0 heterocycles. The van der Waals surface area contributed by atoms with Crippen molar-refractivity contribution in [2.24, 2.45) is 0 Å². The summed E-state index contributed by atoms with van der Waals surface area (Å²) >= 11 is 0. The number of aliphatic hydroxyl groups excluding tert-OH is 1. The Labute approximate surface area is 98.1 Å². The van der Waals surface area contributed by atoms with Gasteiger partial charge in [0, 0.05) is 5.57 Å². The number of aliphatic hydroxyl groups is 1. The zero-order chi connectivity index (χ0) is 12.6. The summed E-state index contributed by atoms with van der Waals surface area (Å²) in [5.74, 6) is -0.316. The first-order chi connectivity index (χ1) is 7.39. The SMILES string of the molecule is C=C(C)C(=O)OCCCC[N+](C)(C)CCO. The fourth-order valence-corrected chi connectivity index (χ4v) is 1.31. The van der Waals surface area contributed by atoms with Crippen LogP contribution in [0.5, 0.6) is 0 Å². The Morgan fingerprint density at radius 1 is 1.31 bits per heavy atom. The van der Waals surface area contributed by atoms with E-state index in [2.05, 4.69) is 20.7 Å². The normalized spacial score (nSPS) is 11.2. The molecule has 0 aromatic heterocycles. The van der Waals surface area contributed by atoms with Crippen LogP contribution in [-0.4, -0.2) is 56.0 Å². The number of rotatable bonds is 8. The molecule has 0 bridgehead atoms. The minimum atomic E-state index is -0.316. The highest BCUT2D eigenvalue weighted by Crippen LogP contribution is 2.02. The Balaban J connectivity index is 3.54. The molecule has 0 aliphatic carbocycles. The summed E-state index contributed by atoms with van der Waals surface area (Å²) in [6, 6.07) is 0. The summed E-state index contributed by atoms with van der Waals surface area (Å²) in [7, 11) is 4.16. The first-order valence-corrected chi connectivity index (χ1v) is 5.64. The molecule has 0 aromatic carbocycles. The maximum Gasteiger partial charge on any atom is 0.333 e. The molecule has 0 amide bonds. The number of nitrogens with zero attached hydrogens (tertiary/aromatic N) is 1. The third kappa shape index (κ3) is 7.43. The van der Waals surface area contributed by atoms with E-state index in [4.69, 9.17) is 9.84 Å². The summed E-state index contributed by atoms with van der Waals surface area (Å²) in [6.07, 6.45) is 1.84. The van der Waals surface area contributed by atoms with Gasteiger partial charge in [0.15, 0.2) is 0 Å². The van der Waals surface area contributed by atoms with Gasteiger partial charge in [-0.2, -0.15) is 0 Å². The maximum atomic E-state index is 11.0. The minimum Gasteiger partial charge on any atom is -0.462 e. The average Bonchev–Trinajstić information content (AvgIpc) is 2.16. The standard InChI is InChI=1S/C12H24NO3/c1-11(2)12(15)16-10-6-5-7-13(3,4)8-9-14/h14H,1,5-10H2,2-4H3/q+1. The van der Waals surface area contributed by atoms with Crippen molar-refractivity contribution >= 4 is 5.97 Å². The molecule has 0 spiro atoms. The second kappa shape index (κ2) is 7.41. The van der Waals surface area contributed by atoms with Crippen molar-refractivity contribution in [3.8, 4) is 0 Å².